The Balaban J connectivity index is 0.000000652. The van der Waals surface area contributed by atoms with E-state index in [4.69, 9.17) is 10.2 Å². The maximum atomic E-state index is 8.25. The zero-order chi connectivity index (χ0) is 24.2. The van der Waals surface area contributed by atoms with Gasteiger partial charge in [-0.15, -0.1) is 0 Å². The molecular weight excluding hydrogens is 468 g/mol. The molecule has 0 heterocycles. The third-order valence-electron chi connectivity index (χ3n) is 6.87. The molecule has 0 aromatic heterocycles. The Labute approximate surface area is 209 Å². The van der Waals surface area contributed by atoms with Crippen LogP contribution in [0.2, 0.25) is 13.1 Å². The molecule has 4 aromatic rings. The summed E-state index contributed by atoms with van der Waals surface area (Å²) in [6.45, 7) is 5.18. The van der Waals surface area contributed by atoms with Gasteiger partial charge in [0, 0.05) is 0 Å². The van der Waals surface area contributed by atoms with Crippen molar-refractivity contribution < 1.29 is 26.8 Å². The Morgan fingerprint density at radius 1 is 0.471 bits per heavy atom. The topological polar surface area (TPSA) is 46.1 Å². The average molecular weight is 499 g/mol. The van der Waals surface area contributed by atoms with Gasteiger partial charge in [-0.25, -0.2) is 0 Å². The first-order valence-corrected chi connectivity index (χ1v) is 18.3. The Kier molecular flexibility index (Phi) is 8.03. The third-order valence-corrected chi connectivity index (χ3v) is 19.7. The van der Waals surface area contributed by atoms with Crippen molar-refractivity contribution in [1.82, 2.24) is 0 Å². The summed E-state index contributed by atoms with van der Waals surface area (Å²) in [7, 11) is 1.50. The molecule has 0 aliphatic heterocycles. The normalized spacial score (nSPS) is 12.5. The minimum atomic E-state index is -1.63. The first-order chi connectivity index (χ1) is 16.8. The molecule has 2 nitrogen and oxygen atoms in total. The monoisotopic (exact) mass is 498 g/mol. The standard InChI is InChI=1S/2C13H9.C2H6Si.2CH3O.Ti/c2*1-3-7-12-10(5-1)9-11-6-2-4-8-13(11)12;1-3-2;2*1-2;/h2*1-9H;1-2H3;2*1H3;/q;;;2*-1;+2. The zero-order valence-corrected chi connectivity index (χ0v) is 22.8. The van der Waals surface area contributed by atoms with Gasteiger partial charge in [-0.05, 0) is 0 Å². The van der Waals surface area contributed by atoms with Crippen molar-refractivity contribution in [1.29, 1.82) is 0 Å². The van der Waals surface area contributed by atoms with Crippen LogP contribution < -0.4 is 10.2 Å². The van der Waals surface area contributed by atoms with Crippen LogP contribution in [0.1, 0.15) is 30.7 Å². The summed E-state index contributed by atoms with van der Waals surface area (Å²) in [5.74, 6) is 0. The maximum absolute atomic E-state index is 8.25. The van der Waals surface area contributed by atoms with Gasteiger partial charge in [-0.2, -0.15) is 14.2 Å². The molecule has 2 aliphatic rings. The first kappa shape index (κ1) is 24.8. The molecule has 170 valence electrons. The van der Waals surface area contributed by atoms with E-state index in [1.165, 1.54) is 22.3 Å². The first-order valence-electron chi connectivity index (χ1n) is 11.6. The molecule has 6 rings (SSSR count). The van der Waals surface area contributed by atoms with Crippen LogP contribution >= 0.6 is 0 Å². The van der Waals surface area contributed by atoms with E-state index >= 15 is 0 Å². The van der Waals surface area contributed by atoms with Crippen LogP contribution in [0.3, 0.4) is 0 Å². The predicted octanol–water partition coefficient (Wildman–Crippen LogP) is 5.35. The molecule has 0 saturated heterocycles. The molecule has 0 saturated carbocycles. The molecule has 0 atom stereocenters. The van der Waals surface area contributed by atoms with Crippen LogP contribution in [0.4, 0.5) is 0 Å². The van der Waals surface area contributed by atoms with Crippen LogP contribution in [0, 0.1) is 0 Å². The fourth-order valence-corrected chi connectivity index (χ4v) is 19.0. The van der Waals surface area contributed by atoms with E-state index in [0.717, 1.165) is 14.2 Å². The Morgan fingerprint density at radius 3 is 0.941 bits per heavy atom. The number of fused-ring (bicyclic) bond motifs is 6. The van der Waals surface area contributed by atoms with Gasteiger partial charge in [0.25, 0.3) is 0 Å². The summed E-state index contributed by atoms with van der Waals surface area (Å²) in [4.78, 5) is 0. The molecular formula is C30H30O2SiTi. The molecule has 4 aromatic carbocycles. The van der Waals surface area contributed by atoms with E-state index in [0.29, 0.717) is 8.45 Å². The van der Waals surface area contributed by atoms with Crippen LogP contribution in [0.15, 0.2) is 97.1 Å². The minimum absolute atomic E-state index is 0.439. The van der Waals surface area contributed by atoms with Crippen LogP contribution in [-0.4, -0.2) is 20.4 Å². The van der Waals surface area contributed by atoms with Crippen molar-refractivity contribution >= 4 is 6.19 Å². The Bertz CT molecular complexity index is 1150. The molecule has 0 bridgehead atoms. The predicted molar refractivity (Wildman–Crippen MR) is 137 cm³/mol. The van der Waals surface area contributed by atoms with E-state index in [1.807, 2.05) is 0 Å². The summed E-state index contributed by atoms with van der Waals surface area (Å²) in [6, 6.07) is 36.9. The van der Waals surface area contributed by atoms with Gasteiger partial charge in [-0.3, -0.25) is 0 Å². The molecule has 4 heteroatoms. The molecule has 0 unspecified atom stereocenters. The summed E-state index contributed by atoms with van der Waals surface area (Å²) in [5.41, 5.74) is 12.3. The van der Waals surface area contributed by atoms with Crippen molar-refractivity contribution in [3.05, 3.63) is 119 Å². The van der Waals surface area contributed by atoms with Gasteiger partial charge in [0.05, 0.1) is 0 Å². The molecule has 34 heavy (non-hydrogen) atoms. The van der Waals surface area contributed by atoms with Crippen LogP contribution in [0.25, 0.3) is 22.3 Å². The summed E-state index contributed by atoms with van der Waals surface area (Å²) >= 11 is -1.63. The summed E-state index contributed by atoms with van der Waals surface area (Å²) in [5, 5.41) is 16.5. The Morgan fingerprint density at radius 2 is 0.706 bits per heavy atom. The van der Waals surface area contributed by atoms with Crippen molar-refractivity contribution in [3.63, 3.8) is 0 Å². The molecule has 0 N–H and O–H groups in total. The fraction of sp³-hybridized carbons (Fsp3) is 0.200. The Hall–Kier alpha value is -2.27. The van der Waals surface area contributed by atoms with Crippen molar-refractivity contribution in [2.45, 2.75) is 21.5 Å². The second-order valence-electron chi connectivity index (χ2n) is 8.67. The summed E-state index contributed by atoms with van der Waals surface area (Å²) in [6.07, 6.45) is -0.439. The summed E-state index contributed by atoms with van der Waals surface area (Å²) < 4.78 is 1.26. The molecule has 0 fully saturated rings. The second kappa shape index (κ2) is 11.0. The SMILES string of the molecule is C[O-].C[O-].C[Si](C)=[Ti+2]([CH]1c2ccccc2-c2ccccc21)[CH]1c2ccccc2-c2ccccc21. The van der Waals surface area contributed by atoms with Gasteiger partial charge in [0.15, 0.2) is 0 Å². The average Bonchev–Trinajstić information content (AvgIpc) is 3.41. The molecule has 0 amide bonds. The number of hydrogen-bond acceptors (Lipinski definition) is 2. The zero-order valence-electron chi connectivity index (χ0n) is 20.2. The molecule has 0 spiro atoms. The van der Waals surface area contributed by atoms with Gasteiger partial charge in [0.1, 0.15) is 0 Å². The van der Waals surface area contributed by atoms with Gasteiger partial charge in [-0.1, -0.05) is 0 Å². The van der Waals surface area contributed by atoms with E-state index in [1.54, 1.807) is 22.3 Å². The van der Waals surface area contributed by atoms with Crippen LogP contribution in [-0.2, 0) is 16.6 Å². The third kappa shape index (κ3) is 4.06. The fourth-order valence-electron chi connectivity index (χ4n) is 5.73. The van der Waals surface area contributed by atoms with Gasteiger partial charge < -0.3 is 10.2 Å². The van der Waals surface area contributed by atoms with Gasteiger partial charge in [0.2, 0.25) is 0 Å². The van der Waals surface area contributed by atoms with Crippen molar-refractivity contribution in [2.24, 2.45) is 0 Å². The number of rotatable bonds is 2. The quantitative estimate of drug-likeness (QED) is 0.350. The second-order valence-corrected chi connectivity index (χ2v) is 21.0. The van der Waals surface area contributed by atoms with Crippen LogP contribution in [0.5, 0.6) is 0 Å². The van der Waals surface area contributed by atoms with E-state index in [-0.39, 0.29) is 0 Å². The molecule has 0 radical (unpaired) electrons. The van der Waals surface area contributed by atoms with Crippen molar-refractivity contribution in [3.8, 4) is 22.3 Å². The van der Waals surface area contributed by atoms with Crippen molar-refractivity contribution in [2.75, 3.05) is 14.2 Å². The number of benzene rings is 4. The molecule has 2 aliphatic carbocycles. The van der Waals surface area contributed by atoms with E-state index in [9.17, 15) is 0 Å². The van der Waals surface area contributed by atoms with E-state index < -0.39 is 22.8 Å². The number of hydrogen-bond donors (Lipinski definition) is 0. The van der Waals surface area contributed by atoms with E-state index in [2.05, 4.69) is 110 Å². The van der Waals surface area contributed by atoms with Gasteiger partial charge >= 0.3 is 186 Å².